The molecule has 0 aromatic heterocycles. The number of aryl methyl sites for hydroxylation is 1. The maximum absolute atomic E-state index is 11.6. The predicted octanol–water partition coefficient (Wildman–Crippen LogP) is 2.70. The van der Waals surface area contributed by atoms with Crippen LogP contribution in [0.25, 0.3) is 0 Å². The highest BCUT2D eigenvalue weighted by Gasteiger charge is 2.44. The first kappa shape index (κ1) is 9.87. The summed E-state index contributed by atoms with van der Waals surface area (Å²) in [5.41, 5.74) is 2.81. The van der Waals surface area contributed by atoms with Gasteiger partial charge in [0.05, 0.1) is 0 Å². The van der Waals surface area contributed by atoms with E-state index in [9.17, 15) is 4.79 Å². The standard InChI is InChI=1S/C10H10ClNOS/c1-6-3-4-8-7(5-6)10(11,14-2)9(13)12-8/h3-5H,1-2H3,(H,12,13). The molecule has 1 heterocycles. The van der Waals surface area contributed by atoms with Crippen LogP contribution in [0.1, 0.15) is 11.1 Å². The molecule has 1 amide bonds. The monoisotopic (exact) mass is 227 g/mol. The number of rotatable bonds is 1. The zero-order valence-corrected chi connectivity index (χ0v) is 9.50. The zero-order chi connectivity index (χ0) is 10.3. The summed E-state index contributed by atoms with van der Waals surface area (Å²) in [6.45, 7) is 1.99. The number of nitrogens with one attached hydrogen (secondary N) is 1. The van der Waals surface area contributed by atoms with Crippen molar-refractivity contribution >= 4 is 35.0 Å². The lowest BCUT2D eigenvalue weighted by atomic mass is 10.1. The predicted molar refractivity (Wildman–Crippen MR) is 60.9 cm³/mol. The summed E-state index contributed by atoms with van der Waals surface area (Å²) in [7, 11) is 0. The molecule has 0 aliphatic carbocycles. The molecular weight excluding hydrogens is 218 g/mol. The largest absolute Gasteiger partial charge is 0.323 e. The average Bonchev–Trinajstić information content (AvgIpc) is 2.41. The van der Waals surface area contributed by atoms with Gasteiger partial charge in [0.1, 0.15) is 0 Å². The molecule has 0 fully saturated rings. The average molecular weight is 228 g/mol. The molecule has 1 atom stereocenters. The highest BCUT2D eigenvalue weighted by atomic mass is 35.5. The second kappa shape index (κ2) is 3.17. The van der Waals surface area contributed by atoms with E-state index in [-0.39, 0.29) is 5.91 Å². The van der Waals surface area contributed by atoms with Crippen LogP contribution in [0.3, 0.4) is 0 Å². The molecule has 74 valence electrons. The molecule has 0 bridgehead atoms. The molecule has 0 spiro atoms. The second-order valence-electron chi connectivity index (χ2n) is 3.30. The van der Waals surface area contributed by atoms with Gasteiger partial charge < -0.3 is 5.32 Å². The van der Waals surface area contributed by atoms with Crippen LogP contribution in [0, 0.1) is 6.92 Å². The van der Waals surface area contributed by atoms with Crippen molar-refractivity contribution in [1.82, 2.24) is 0 Å². The molecule has 1 aliphatic heterocycles. The Hall–Kier alpha value is -0.670. The van der Waals surface area contributed by atoms with E-state index in [0.717, 1.165) is 16.8 Å². The summed E-state index contributed by atoms with van der Waals surface area (Å²) >= 11 is 7.61. The number of halogens is 1. The van der Waals surface area contributed by atoms with E-state index in [4.69, 9.17) is 11.6 Å². The normalized spacial score (nSPS) is 24.6. The number of hydrogen-bond acceptors (Lipinski definition) is 2. The number of carbonyl (C=O) groups is 1. The van der Waals surface area contributed by atoms with E-state index in [1.807, 2.05) is 31.4 Å². The number of alkyl halides is 1. The highest BCUT2D eigenvalue weighted by Crippen LogP contribution is 2.48. The van der Waals surface area contributed by atoms with Crippen molar-refractivity contribution in [2.45, 2.75) is 11.1 Å². The van der Waals surface area contributed by atoms with Crippen LogP contribution in [-0.4, -0.2) is 12.2 Å². The molecule has 1 aromatic rings. The Kier molecular flexibility index (Phi) is 2.24. The van der Waals surface area contributed by atoms with E-state index in [0.29, 0.717) is 0 Å². The summed E-state index contributed by atoms with van der Waals surface area (Å²) in [5.74, 6) is -0.146. The molecule has 2 nitrogen and oxygen atoms in total. The third-order valence-electron chi connectivity index (χ3n) is 2.34. The Labute approximate surface area is 92.0 Å². The van der Waals surface area contributed by atoms with Gasteiger partial charge in [-0.25, -0.2) is 0 Å². The minimum absolute atomic E-state index is 0.146. The maximum Gasteiger partial charge on any atom is 0.260 e. The molecule has 2 rings (SSSR count). The fraction of sp³-hybridized carbons (Fsp3) is 0.300. The molecule has 1 aromatic carbocycles. The first-order valence-corrected chi connectivity index (χ1v) is 5.85. The third-order valence-corrected chi connectivity index (χ3v) is 4.15. The summed E-state index contributed by atoms with van der Waals surface area (Å²) in [4.78, 5) is 11.6. The van der Waals surface area contributed by atoms with Crippen LogP contribution in [0.2, 0.25) is 0 Å². The lowest BCUT2D eigenvalue weighted by Gasteiger charge is -2.16. The minimum Gasteiger partial charge on any atom is -0.323 e. The molecule has 1 aliphatic rings. The van der Waals surface area contributed by atoms with Crippen LogP contribution < -0.4 is 5.32 Å². The number of benzene rings is 1. The van der Waals surface area contributed by atoms with Crippen molar-refractivity contribution in [1.29, 1.82) is 0 Å². The van der Waals surface area contributed by atoms with Gasteiger partial charge in [-0.2, -0.15) is 0 Å². The first-order chi connectivity index (χ1) is 6.58. The lowest BCUT2D eigenvalue weighted by molar-refractivity contribution is -0.116. The van der Waals surface area contributed by atoms with Gasteiger partial charge in [0, 0.05) is 11.3 Å². The first-order valence-electron chi connectivity index (χ1n) is 4.24. The van der Waals surface area contributed by atoms with E-state index in [1.165, 1.54) is 11.8 Å². The maximum atomic E-state index is 11.6. The van der Waals surface area contributed by atoms with Crippen molar-refractivity contribution in [2.24, 2.45) is 0 Å². The molecule has 4 heteroatoms. The van der Waals surface area contributed by atoms with Gasteiger partial charge in [-0.05, 0) is 19.2 Å². The Morgan fingerprint density at radius 2 is 2.21 bits per heavy atom. The summed E-state index contributed by atoms with van der Waals surface area (Å²) in [5, 5.41) is 2.77. The van der Waals surface area contributed by atoms with Gasteiger partial charge in [-0.1, -0.05) is 29.3 Å². The van der Waals surface area contributed by atoms with Crippen molar-refractivity contribution < 1.29 is 4.79 Å². The van der Waals surface area contributed by atoms with Crippen molar-refractivity contribution in [3.63, 3.8) is 0 Å². The van der Waals surface area contributed by atoms with Gasteiger partial charge in [0.2, 0.25) is 0 Å². The number of amides is 1. The van der Waals surface area contributed by atoms with Crippen molar-refractivity contribution in [3.8, 4) is 0 Å². The SMILES string of the molecule is CSC1(Cl)C(=O)Nc2ccc(C)cc21. The molecular formula is C10H10ClNOS. The third kappa shape index (κ3) is 1.23. The van der Waals surface area contributed by atoms with Crippen LogP contribution in [0.15, 0.2) is 18.2 Å². The van der Waals surface area contributed by atoms with E-state index in [1.54, 1.807) is 0 Å². The van der Waals surface area contributed by atoms with Gasteiger partial charge in [-0.15, -0.1) is 11.8 Å². The molecule has 0 saturated carbocycles. The van der Waals surface area contributed by atoms with Gasteiger partial charge in [0.25, 0.3) is 5.91 Å². The fourth-order valence-electron chi connectivity index (χ4n) is 1.56. The van der Waals surface area contributed by atoms with E-state index >= 15 is 0 Å². The number of fused-ring (bicyclic) bond motifs is 1. The molecule has 0 radical (unpaired) electrons. The number of anilines is 1. The second-order valence-corrected chi connectivity index (χ2v) is 5.11. The molecule has 1 unspecified atom stereocenters. The highest BCUT2D eigenvalue weighted by molar-refractivity contribution is 8.01. The number of hydrogen-bond donors (Lipinski definition) is 1. The molecule has 14 heavy (non-hydrogen) atoms. The summed E-state index contributed by atoms with van der Waals surface area (Å²) < 4.78 is -0.943. The Balaban J connectivity index is 2.61. The van der Waals surface area contributed by atoms with Gasteiger partial charge >= 0.3 is 0 Å². The molecule has 1 N–H and O–H groups in total. The van der Waals surface area contributed by atoms with Crippen molar-refractivity contribution in [3.05, 3.63) is 29.3 Å². The Bertz CT molecular complexity index is 407. The zero-order valence-electron chi connectivity index (χ0n) is 7.93. The number of carbonyl (C=O) groups excluding carboxylic acids is 1. The Morgan fingerprint density at radius 1 is 1.50 bits per heavy atom. The van der Waals surface area contributed by atoms with Crippen LogP contribution >= 0.6 is 23.4 Å². The smallest absolute Gasteiger partial charge is 0.260 e. The van der Waals surface area contributed by atoms with E-state index in [2.05, 4.69) is 5.32 Å². The topological polar surface area (TPSA) is 29.1 Å². The lowest BCUT2D eigenvalue weighted by Crippen LogP contribution is -2.24. The number of thioether (sulfide) groups is 1. The summed E-state index contributed by atoms with van der Waals surface area (Å²) in [6, 6.07) is 5.81. The Morgan fingerprint density at radius 3 is 2.86 bits per heavy atom. The van der Waals surface area contributed by atoms with Crippen LogP contribution in [0.5, 0.6) is 0 Å². The quantitative estimate of drug-likeness (QED) is 0.748. The molecule has 0 saturated heterocycles. The summed E-state index contributed by atoms with van der Waals surface area (Å²) in [6.07, 6.45) is 1.84. The van der Waals surface area contributed by atoms with Crippen molar-refractivity contribution in [2.75, 3.05) is 11.6 Å². The van der Waals surface area contributed by atoms with Gasteiger partial charge in [0.15, 0.2) is 4.21 Å². The van der Waals surface area contributed by atoms with Crippen LogP contribution in [0.4, 0.5) is 5.69 Å². The van der Waals surface area contributed by atoms with Crippen LogP contribution in [-0.2, 0) is 9.00 Å². The van der Waals surface area contributed by atoms with Gasteiger partial charge in [-0.3, -0.25) is 4.79 Å². The minimum atomic E-state index is -0.943. The fourth-order valence-corrected chi connectivity index (χ4v) is 2.39. The van der Waals surface area contributed by atoms with E-state index < -0.39 is 4.21 Å².